The Hall–Kier alpha value is -2.95. The highest BCUT2D eigenvalue weighted by Crippen LogP contribution is 2.23. The van der Waals surface area contributed by atoms with Gasteiger partial charge in [0, 0.05) is 24.5 Å². The van der Waals surface area contributed by atoms with E-state index >= 15 is 0 Å². The molecule has 0 N–H and O–H groups in total. The smallest absolute Gasteiger partial charge is 0.271 e. The maximum Gasteiger partial charge on any atom is 0.271 e. The van der Waals surface area contributed by atoms with Gasteiger partial charge in [-0.2, -0.15) is 0 Å². The molecule has 21 heavy (non-hydrogen) atoms. The maximum atomic E-state index is 11.0. The minimum atomic E-state index is -0.382. The molecule has 0 bridgehead atoms. The predicted octanol–water partition coefficient (Wildman–Crippen LogP) is 3.37. The zero-order valence-corrected chi connectivity index (χ0v) is 11.2. The first-order chi connectivity index (χ1) is 10.2. The summed E-state index contributed by atoms with van der Waals surface area (Å²) in [6, 6.07) is 14.9. The molecule has 0 aliphatic carbocycles. The van der Waals surface area contributed by atoms with Crippen LogP contribution in [0.2, 0.25) is 0 Å². The second-order valence-electron chi connectivity index (χ2n) is 4.70. The lowest BCUT2D eigenvalue weighted by Crippen LogP contribution is -2.00. The van der Waals surface area contributed by atoms with Gasteiger partial charge >= 0.3 is 0 Å². The van der Waals surface area contributed by atoms with Crippen molar-refractivity contribution in [2.45, 2.75) is 6.42 Å². The van der Waals surface area contributed by atoms with E-state index in [1.807, 2.05) is 30.3 Å². The second kappa shape index (κ2) is 5.58. The average Bonchev–Trinajstić information content (AvgIpc) is 3.02. The van der Waals surface area contributed by atoms with E-state index in [9.17, 15) is 10.1 Å². The monoisotopic (exact) mass is 279 g/mol. The van der Waals surface area contributed by atoms with Gasteiger partial charge in [0.05, 0.1) is 16.9 Å². The molecule has 2 aromatic carbocycles. The van der Waals surface area contributed by atoms with Crippen molar-refractivity contribution in [2.24, 2.45) is 0 Å². The molecule has 5 heteroatoms. The molecule has 0 amide bonds. The van der Waals surface area contributed by atoms with Crippen LogP contribution in [0.25, 0.3) is 5.69 Å². The molecule has 1 aromatic heterocycles. The Balaban J connectivity index is 2.05. The summed E-state index contributed by atoms with van der Waals surface area (Å²) >= 11 is 0. The molecule has 0 spiro atoms. The topological polar surface area (TPSA) is 61.0 Å². The highest BCUT2D eigenvalue weighted by molar-refractivity contribution is 5.51. The fourth-order valence-electron chi connectivity index (χ4n) is 2.27. The van der Waals surface area contributed by atoms with Gasteiger partial charge in [-0.15, -0.1) is 0 Å². The van der Waals surface area contributed by atoms with Crippen LogP contribution >= 0.6 is 0 Å². The van der Waals surface area contributed by atoms with Crippen LogP contribution in [-0.4, -0.2) is 14.5 Å². The number of nitro groups is 1. The Morgan fingerprint density at radius 1 is 1.14 bits per heavy atom. The van der Waals surface area contributed by atoms with Crippen molar-refractivity contribution in [3.05, 3.63) is 88.5 Å². The number of nitrogens with zero attached hydrogens (tertiary/aromatic N) is 3. The van der Waals surface area contributed by atoms with Gasteiger partial charge in [-0.3, -0.25) is 10.1 Å². The van der Waals surface area contributed by atoms with Crippen LogP contribution in [0.5, 0.6) is 0 Å². The van der Waals surface area contributed by atoms with Crippen LogP contribution in [0.1, 0.15) is 11.1 Å². The second-order valence-corrected chi connectivity index (χ2v) is 4.70. The Morgan fingerprint density at radius 3 is 2.62 bits per heavy atom. The molecule has 0 unspecified atom stereocenters. The highest BCUT2D eigenvalue weighted by Gasteiger charge is 2.12. The van der Waals surface area contributed by atoms with E-state index in [2.05, 4.69) is 4.98 Å². The van der Waals surface area contributed by atoms with E-state index in [-0.39, 0.29) is 10.6 Å². The van der Waals surface area contributed by atoms with Crippen molar-refractivity contribution >= 4 is 5.69 Å². The molecule has 5 nitrogen and oxygen atoms in total. The molecular formula is C16H13N3O2. The number of hydrogen-bond donors (Lipinski definition) is 0. The lowest BCUT2D eigenvalue weighted by atomic mass is 10.0. The lowest BCUT2D eigenvalue weighted by molar-refractivity contribution is -0.384. The van der Waals surface area contributed by atoms with Crippen LogP contribution in [0.3, 0.4) is 0 Å². The number of non-ortho nitro benzene ring substituents is 1. The Labute approximate surface area is 121 Å². The molecule has 0 aliphatic heterocycles. The summed E-state index contributed by atoms with van der Waals surface area (Å²) in [6.45, 7) is 0. The van der Waals surface area contributed by atoms with E-state index in [1.54, 1.807) is 41.5 Å². The predicted molar refractivity (Wildman–Crippen MR) is 79.5 cm³/mol. The molecule has 1 heterocycles. The summed E-state index contributed by atoms with van der Waals surface area (Å²) in [7, 11) is 0. The average molecular weight is 279 g/mol. The van der Waals surface area contributed by atoms with Crippen molar-refractivity contribution in [3.8, 4) is 5.69 Å². The fraction of sp³-hybridized carbons (Fsp3) is 0.0625. The quantitative estimate of drug-likeness (QED) is 0.543. The van der Waals surface area contributed by atoms with Crippen molar-refractivity contribution in [1.82, 2.24) is 9.55 Å². The van der Waals surface area contributed by atoms with Gasteiger partial charge in [-0.25, -0.2) is 4.98 Å². The summed E-state index contributed by atoms with van der Waals surface area (Å²) in [5.41, 5.74) is 3.04. The van der Waals surface area contributed by atoms with Gasteiger partial charge in [0.25, 0.3) is 5.69 Å². The van der Waals surface area contributed by atoms with Gasteiger partial charge in [0.2, 0.25) is 0 Å². The van der Waals surface area contributed by atoms with Crippen molar-refractivity contribution in [1.29, 1.82) is 0 Å². The highest BCUT2D eigenvalue weighted by atomic mass is 16.6. The van der Waals surface area contributed by atoms with Crippen molar-refractivity contribution in [2.75, 3.05) is 0 Å². The van der Waals surface area contributed by atoms with Crippen molar-refractivity contribution in [3.63, 3.8) is 0 Å². The minimum Gasteiger partial charge on any atom is -0.306 e. The van der Waals surface area contributed by atoms with Crippen molar-refractivity contribution < 1.29 is 4.92 Å². The van der Waals surface area contributed by atoms with E-state index < -0.39 is 0 Å². The molecular weight excluding hydrogens is 266 g/mol. The summed E-state index contributed by atoms with van der Waals surface area (Å²) in [4.78, 5) is 14.6. The molecule has 0 atom stereocenters. The number of hydrogen-bond acceptors (Lipinski definition) is 3. The molecule has 3 rings (SSSR count). The minimum absolute atomic E-state index is 0.0792. The van der Waals surface area contributed by atoms with Gasteiger partial charge in [0.15, 0.2) is 0 Å². The third-order valence-electron chi connectivity index (χ3n) is 3.30. The van der Waals surface area contributed by atoms with Gasteiger partial charge in [0.1, 0.15) is 0 Å². The molecule has 0 saturated carbocycles. The van der Waals surface area contributed by atoms with Gasteiger partial charge in [-0.1, -0.05) is 30.3 Å². The maximum absolute atomic E-state index is 11.0. The van der Waals surface area contributed by atoms with Crippen LogP contribution in [0, 0.1) is 10.1 Å². The summed E-state index contributed by atoms with van der Waals surface area (Å²) < 4.78 is 1.80. The molecule has 0 radical (unpaired) electrons. The molecule has 3 aromatic rings. The van der Waals surface area contributed by atoms with Gasteiger partial charge in [-0.05, 0) is 23.6 Å². The van der Waals surface area contributed by atoms with Gasteiger partial charge < -0.3 is 4.57 Å². The molecule has 104 valence electrons. The van der Waals surface area contributed by atoms with E-state index in [1.165, 1.54) is 0 Å². The largest absolute Gasteiger partial charge is 0.306 e. The standard InChI is InChI=1S/C16H13N3O2/c20-19(21)15-7-6-14(10-13-4-2-1-3-5-13)16(11-15)18-9-8-17-12-18/h1-9,11-12H,10H2. The Bertz CT molecular complexity index is 752. The van der Waals surface area contributed by atoms with Crippen LogP contribution in [0.15, 0.2) is 67.3 Å². The summed E-state index contributed by atoms with van der Waals surface area (Å²) in [6.07, 6.45) is 5.80. The third-order valence-corrected chi connectivity index (χ3v) is 3.30. The Morgan fingerprint density at radius 2 is 1.95 bits per heavy atom. The van der Waals surface area contributed by atoms with Crippen LogP contribution in [0.4, 0.5) is 5.69 Å². The number of imidazole rings is 1. The van der Waals surface area contributed by atoms with E-state index in [4.69, 9.17) is 0 Å². The SMILES string of the molecule is O=[N+]([O-])c1ccc(Cc2ccccc2)c(-n2ccnc2)c1. The normalized spacial score (nSPS) is 10.5. The first kappa shape index (κ1) is 13.1. The number of nitro benzene ring substituents is 1. The molecule has 0 aliphatic rings. The summed E-state index contributed by atoms with van der Waals surface area (Å²) in [5.74, 6) is 0. The lowest BCUT2D eigenvalue weighted by Gasteiger charge is -2.10. The zero-order chi connectivity index (χ0) is 14.7. The number of benzene rings is 2. The molecule has 0 fully saturated rings. The first-order valence-electron chi connectivity index (χ1n) is 6.53. The van der Waals surface area contributed by atoms with E-state index in [0.29, 0.717) is 6.42 Å². The van der Waals surface area contributed by atoms with Crippen LogP contribution < -0.4 is 0 Å². The zero-order valence-electron chi connectivity index (χ0n) is 11.2. The van der Waals surface area contributed by atoms with Crippen LogP contribution in [-0.2, 0) is 6.42 Å². The number of aromatic nitrogens is 2. The number of rotatable bonds is 4. The fourth-order valence-corrected chi connectivity index (χ4v) is 2.27. The summed E-state index contributed by atoms with van der Waals surface area (Å²) in [5, 5.41) is 11.0. The third kappa shape index (κ3) is 2.81. The Kier molecular flexibility index (Phi) is 3.47. The molecule has 0 saturated heterocycles. The first-order valence-corrected chi connectivity index (χ1v) is 6.53. The van der Waals surface area contributed by atoms with E-state index in [0.717, 1.165) is 16.8 Å².